The number of hydrogen-bond donors (Lipinski definition) is 3. The molecular weight excluding hydrogens is 338 g/mol. The predicted molar refractivity (Wildman–Crippen MR) is 91.7 cm³/mol. The molecule has 4 N–H and O–H groups in total. The first-order valence-corrected chi connectivity index (χ1v) is 10.1. The summed E-state index contributed by atoms with van der Waals surface area (Å²) in [5.74, 6) is 1.14. The van der Waals surface area contributed by atoms with E-state index in [4.69, 9.17) is 5.73 Å². The second-order valence-electron chi connectivity index (χ2n) is 7.19. The predicted octanol–water partition coefficient (Wildman–Crippen LogP) is 0.617. The summed E-state index contributed by atoms with van der Waals surface area (Å²) >= 11 is 0. The van der Waals surface area contributed by atoms with Gasteiger partial charge in [-0.25, -0.2) is 13.1 Å². The molecule has 3 saturated carbocycles. The number of carbonyl (C=O) groups is 1. The summed E-state index contributed by atoms with van der Waals surface area (Å²) in [6.45, 7) is 0.701. The number of nitrogens with one attached hydrogen (secondary N) is 2. The molecule has 4 unspecified atom stereocenters. The van der Waals surface area contributed by atoms with Crippen molar-refractivity contribution >= 4 is 28.3 Å². The summed E-state index contributed by atoms with van der Waals surface area (Å²) in [6, 6.07) is -0.0490. The fraction of sp³-hybridized carbons (Fsp3) is 0.933. The van der Waals surface area contributed by atoms with Gasteiger partial charge in [-0.15, -0.1) is 12.4 Å². The zero-order chi connectivity index (χ0) is 15.7. The van der Waals surface area contributed by atoms with Gasteiger partial charge in [0.15, 0.2) is 0 Å². The van der Waals surface area contributed by atoms with Crippen LogP contribution < -0.4 is 15.8 Å². The highest BCUT2D eigenvalue weighted by Gasteiger charge is 2.48. The van der Waals surface area contributed by atoms with Crippen LogP contribution >= 0.6 is 12.4 Å². The van der Waals surface area contributed by atoms with E-state index in [9.17, 15) is 13.2 Å². The first-order chi connectivity index (χ1) is 10.5. The average molecular weight is 366 g/mol. The van der Waals surface area contributed by atoms with E-state index in [1.165, 1.54) is 6.42 Å². The molecule has 4 atom stereocenters. The summed E-state index contributed by atoms with van der Waals surface area (Å²) in [6.07, 6.45) is 6.70. The number of nitrogens with two attached hydrogens (primary N) is 1. The second-order valence-corrected chi connectivity index (χ2v) is 9.12. The Bertz CT molecular complexity index is 522. The summed E-state index contributed by atoms with van der Waals surface area (Å²) in [7, 11) is -3.29. The smallest absolute Gasteiger partial charge is 0.225 e. The lowest BCUT2D eigenvalue weighted by Crippen LogP contribution is -2.46. The van der Waals surface area contributed by atoms with Gasteiger partial charge in [-0.2, -0.15) is 0 Å². The van der Waals surface area contributed by atoms with Gasteiger partial charge >= 0.3 is 0 Å². The third kappa shape index (κ3) is 4.38. The van der Waals surface area contributed by atoms with Crippen LogP contribution in [-0.4, -0.2) is 39.2 Å². The lowest BCUT2D eigenvalue weighted by Gasteiger charge is -2.27. The maximum absolute atomic E-state index is 12.2. The minimum absolute atomic E-state index is 0. The Hall–Kier alpha value is -0.370. The molecule has 0 aromatic carbocycles. The minimum Gasteiger partial charge on any atom is -0.355 e. The SMILES string of the molecule is Cl.NC1C2CCC(C2)C1C(=O)NCCS(=O)(=O)NCC1CCC1. The van der Waals surface area contributed by atoms with Crippen molar-refractivity contribution in [3.63, 3.8) is 0 Å². The van der Waals surface area contributed by atoms with Crippen LogP contribution in [0.25, 0.3) is 0 Å². The first kappa shape index (κ1) is 19.0. The zero-order valence-corrected chi connectivity index (χ0v) is 15.0. The standard InChI is InChI=1S/C15H27N3O3S.ClH/c16-14-12-5-4-11(8-12)13(14)15(19)17-6-7-22(20,21)18-9-10-2-1-3-10;/h10-14,18H,1-9,16H2,(H,17,19);1H. The van der Waals surface area contributed by atoms with E-state index in [2.05, 4.69) is 10.0 Å². The highest BCUT2D eigenvalue weighted by molar-refractivity contribution is 7.89. The fourth-order valence-corrected chi connectivity index (χ4v) is 5.17. The molecule has 0 aliphatic heterocycles. The third-order valence-corrected chi connectivity index (χ3v) is 7.12. The van der Waals surface area contributed by atoms with Gasteiger partial charge < -0.3 is 11.1 Å². The molecule has 0 aromatic rings. The van der Waals surface area contributed by atoms with Crippen LogP contribution in [0.2, 0.25) is 0 Å². The van der Waals surface area contributed by atoms with Crippen LogP contribution in [0, 0.1) is 23.7 Å². The van der Waals surface area contributed by atoms with E-state index in [-0.39, 0.29) is 42.6 Å². The Morgan fingerprint density at radius 3 is 2.39 bits per heavy atom. The van der Waals surface area contributed by atoms with E-state index in [0.717, 1.165) is 32.1 Å². The summed E-state index contributed by atoms with van der Waals surface area (Å²) in [5, 5.41) is 2.77. The normalized spacial score (nSPS) is 33.1. The van der Waals surface area contributed by atoms with Gasteiger partial charge in [0.25, 0.3) is 0 Å². The van der Waals surface area contributed by atoms with Crippen molar-refractivity contribution in [2.45, 2.75) is 44.6 Å². The Morgan fingerprint density at radius 1 is 1.13 bits per heavy atom. The molecule has 2 bridgehead atoms. The fourth-order valence-electron chi connectivity index (χ4n) is 4.17. The topological polar surface area (TPSA) is 101 Å². The highest BCUT2D eigenvalue weighted by Crippen LogP contribution is 2.47. The lowest BCUT2D eigenvalue weighted by molar-refractivity contribution is -0.126. The van der Waals surface area contributed by atoms with E-state index in [1.807, 2.05) is 0 Å². The number of hydrogen-bond acceptors (Lipinski definition) is 4. The molecule has 3 aliphatic carbocycles. The van der Waals surface area contributed by atoms with Crippen LogP contribution in [-0.2, 0) is 14.8 Å². The Labute approximate surface area is 144 Å². The molecule has 23 heavy (non-hydrogen) atoms. The number of rotatable bonds is 7. The molecule has 0 radical (unpaired) electrons. The largest absolute Gasteiger partial charge is 0.355 e. The van der Waals surface area contributed by atoms with Crippen molar-refractivity contribution in [2.24, 2.45) is 29.4 Å². The molecular formula is C15H28ClN3O3S. The zero-order valence-electron chi connectivity index (χ0n) is 13.4. The molecule has 134 valence electrons. The summed E-state index contributed by atoms with van der Waals surface area (Å²) < 4.78 is 26.4. The molecule has 0 saturated heterocycles. The van der Waals surface area contributed by atoms with Gasteiger partial charge in [0, 0.05) is 19.1 Å². The molecule has 6 nitrogen and oxygen atoms in total. The van der Waals surface area contributed by atoms with Crippen molar-refractivity contribution in [1.82, 2.24) is 10.0 Å². The number of halogens is 1. The molecule has 1 amide bonds. The maximum Gasteiger partial charge on any atom is 0.225 e. The van der Waals surface area contributed by atoms with Gasteiger partial charge in [0.2, 0.25) is 15.9 Å². The van der Waals surface area contributed by atoms with Gasteiger partial charge in [-0.3, -0.25) is 4.79 Å². The summed E-state index contributed by atoms with van der Waals surface area (Å²) in [4.78, 5) is 12.2. The van der Waals surface area contributed by atoms with Gasteiger partial charge in [0.05, 0.1) is 11.7 Å². The Morgan fingerprint density at radius 2 is 1.83 bits per heavy atom. The van der Waals surface area contributed by atoms with Crippen LogP contribution in [0.4, 0.5) is 0 Å². The molecule has 3 fully saturated rings. The maximum atomic E-state index is 12.2. The van der Waals surface area contributed by atoms with Crippen LogP contribution in [0.5, 0.6) is 0 Å². The number of fused-ring (bicyclic) bond motifs is 2. The van der Waals surface area contributed by atoms with Gasteiger partial charge in [0.1, 0.15) is 0 Å². The third-order valence-electron chi connectivity index (χ3n) is 5.77. The molecule has 0 spiro atoms. The average Bonchev–Trinajstić information content (AvgIpc) is 2.96. The van der Waals surface area contributed by atoms with Crippen molar-refractivity contribution in [3.05, 3.63) is 0 Å². The lowest BCUT2D eigenvalue weighted by atomic mass is 9.84. The van der Waals surface area contributed by atoms with E-state index in [0.29, 0.717) is 24.3 Å². The molecule has 3 rings (SSSR count). The van der Waals surface area contributed by atoms with Gasteiger partial charge in [-0.05, 0) is 49.9 Å². The van der Waals surface area contributed by atoms with E-state index >= 15 is 0 Å². The van der Waals surface area contributed by atoms with Crippen molar-refractivity contribution < 1.29 is 13.2 Å². The highest BCUT2D eigenvalue weighted by atomic mass is 35.5. The first-order valence-electron chi connectivity index (χ1n) is 8.47. The van der Waals surface area contributed by atoms with Crippen molar-refractivity contribution in [2.75, 3.05) is 18.8 Å². The molecule has 0 heterocycles. The quantitative estimate of drug-likeness (QED) is 0.615. The van der Waals surface area contributed by atoms with Crippen LogP contribution in [0.15, 0.2) is 0 Å². The van der Waals surface area contributed by atoms with Crippen LogP contribution in [0.1, 0.15) is 38.5 Å². The Balaban J connectivity index is 0.00000192. The molecule has 3 aliphatic rings. The number of amides is 1. The van der Waals surface area contributed by atoms with Crippen molar-refractivity contribution in [1.29, 1.82) is 0 Å². The van der Waals surface area contributed by atoms with Crippen LogP contribution in [0.3, 0.4) is 0 Å². The second kappa shape index (κ2) is 7.68. The van der Waals surface area contributed by atoms with Gasteiger partial charge in [-0.1, -0.05) is 6.42 Å². The number of sulfonamides is 1. The monoisotopic (exact) mass is 365 g/mol. The van der Waals surface area contributed by atoms with Crippen molar-refractivity contribution in [3.8, 4) is 0 Å². The number of carbonyl (C=O) groups excluding carboxylic acids is 1. The Kier molecular flexibility index (Phi) is 6.33. The minimum atomic E-state index is -3.29. The molecule has 0 aromatic heterocycles. The van der Waals surface area contributed by atoms with E-state index in [1.54, 1.807) is 0 Å². The summed E-state index contributed by atoms with van der Waals surface area (Å²) in [5.41, 5.74) is 6.13. The molecule has 8 heteroatoms. The van der Waals surface area contributed by atoms with E-state index < -0.39 is 10.0 Å².